The van der Waals surface area contributed by atoms with E-state index in [1.165, 1.54) is 18.2 Å². The highest BCUT2D eigenvalue weighted by Crippen LogP contribution is 2.25. The second-order valence-corrected chi connectivity index (χ2v) is 7.36. The van der Waals surface area contributed by atoms with Crippen LogP contribution >= 0.6 is 39.1 Å². The summed E-state index contributed by atoms with van der Waals surface area (Å²) in [5.74, 6) is 0.151. The number of halogens is 3. The van der Waals surface area contributed by atoms with Crippen LogP contribution in [0.25, 0.3) is 0 Å². The highest BCUT2D eigenvalue weighted by Gasteiger charge is 2.15. The van der Waals surface area contributed by atoms with Gasteiger partial charge in [-0.1, -0.05) is 45.6 Å². The second kappa shape index (κ2) is 6.98. The van der Waals surface area contributed by atoms with Gasteiger partial charge in [0, 0.05) is 5.33 Å². The fourth-order valence-corrected chi connectivity index (χ4v) is 3.50. The molecule has 1 aromatic rings. The molecule has 0 unspecified atom stereocenters. The van der Waals surface area contributed by atoms with Crippen molar-refractivity contribution in [1.82, 2.24) is 0 Å². The molecule has 2 nitrogen and oxygen atoms in total. The molecule has 96 valence electrons. The highest BCUT2D eigenvalue weighted by atomic mass is 79.9. The number of benzene rings is 1. The van der Waals surface area contributed by atoms with E-state index in [9.17, 15) is 8.42 Å². The van der Waals surface area contributed by atoms with Crippen LogP contribution in [0.1, 0.15) is 19.3 Å². The monoisotopic (exact) mass is 358 g/mol. The molecule has 0 aliphatic rings. The van der Waals surface area contributed by atoms with Gasteiger partial charge in [-0.3, -0.25) is 0 Å². The average Bonchev–Trinajstić information content (AvgIpc) is 2.28. The summed E-state index contributed by atoms with van der Waals surface area (Å²) in [4.78, 5) is 0.241. The fourth-order valence-electron chi connectivity index (χ4n) is 1.35. The molecule has 1 aromatic carbocycles. The summed E-state index contributed by atoms with van der Waals surface area (Å²) in [5, 5.41) is 1.54. The summed E-state index contributed by atoms with van der Waals surface area (Å²) in [7, 11) is -3.24. The third kappa shape index (κ3) is 4.78. The van der Waals surface area contributed by atoms with Gasteiger partial charge in [-0.15, -0.1) is 0 Å². The zero-order chi connectivity index (χ0) is 12.9. The standard InChI is InChI=1S/C11H13BrCl2O2S/c12-6-2-1-3-7-17(15,16)9-4-5-10(13)11(14)8-9/h4-5,8H,1-3,6-7H2. The maximum atomic E-state index is 11.9. The quantitative estimate of drug-likeness (QED) is 0.559. The minimum Gasteiger partial charge on any atom is -0.224 e. The molecule has 0 aliphatic heterocycles. The van der Waals surface area contributed by atoms with Crippen LogP contribution in [0.2, 0.25) is 10.0 Å². The molecule has 6 heteroatoms. The van der Waals surface area contributed by atoms with Crippen LogP contribution in [0.15, 0.2) is 23.1 Å². The van der Waals surface area contributed by atoms with Gasteiger partial charge < -0.3 is 0 Å². The lowest BCUT2D eigenvalue weighted by Gasteiger charge is -2.05. The van der Waals surface area contributed by atoms with Crippen LogP contribution in [0, 0.1) is 0 Å². The van der Waals surface area contributed by atoms with Crippen LogP contribution in [0.3, 0.4) is 0 Å². The third-order valence-electron chi connectivity index (χ3n) is 2.30. The smallest absolute Gasteiger partial charge is 0.178 e. The first kappa shape index (κ1) is 15.3. The van der Waals surface area contributed by atoms with Crippen molar-refractivity contribution in [3.05, 3.63) is 28.2 Å². The number of unbranched alkanes of at least 4 members (excludes halogenated alkanes) is 2. The Bertz CT molecular complexity index is 474. The maximum absolute atomic E-state index is 11.9. The van der Waals surface area contributed by atoms with E-state index in [0.717, 1.165) is 18.2 Å². The van der Waals surface area contributed by atoms with Crippen molar-refractivity contribution < 1.29 is 8.42 Å². The molecule has 0 saturated heterocycles. The molecule has 1 rings (SSSR count). The Morgan fingerprint density at radius 2 is 1.76 bits per heavy atom. The molecule has 0 amide bonds. The van der Waals surface area contributed by atoms with E-state index < -0.39 is 9.84 Å². The minimum atomic E-state index is -3.24. The second-order valence-electron chi connectivity index (χ2n) is 3.64. The molecule has 0 bridgehead atoms. The zero-order valence-corrected chi connectivity index (χ0v) is 13.0. The van der Waals surface area contributed by atoms with E-state index in [4.69, 9.17) is 23.2 Å². The van der Waals surface area contributed by atoms with Gasteiger partial charge in [0.2, 0.25) is 0 Å². The number of hydrogen-bond donors (Lipinski definition) is 0. The predicted molar refractivity (Wildman–Crippen MR) is 76.2 cm³/mol. The Kier molecular flexibility index (Phi) is 6.27. The number of hydrogen-bond acceptors (Lipinski definition) is 2. The highest BCUT2D eigenvalue weighted by molar-refractivity contribution is 9.09. The third-order valence-corrected chi connectivity index (χ3v) is 5.39. The van der Waals surface area contributed by atoms with Crippen LogP contribution in [-0.2, 0) is 9.84 Å². The van der Waals surface area contributed by atoms with E-state index in [0.29, 0.717) is 11.4 Å². The lowest BCUT2D eigenvalue weighted by atomic mass is 10.3. The summed E-state index contributed by atoms with van der Waals surface area (Å²) in [6, 6.07) is 4.41. The number of rotatable bonds is 6. The minimum absolute atomic E-state index is 0.151. The Labute approximate surface area is 120 Å². The number of alkyl halides is 1. The molecule has 0 atom stereocenters. The molecular weight excluding hydrogens is 347 g/mol. The topological polar surface area (TPSA) is 34.1 Å². The van der Waals surface area contributed by atoms with E-state index >= 15 is 0 Å². The molecule has 0 aliphatic carbocycles. The summed E-state index contributed by atoms with van der Waals surface area (Å²) >= 11 is 14.9. The largest absolute Gasteiger partial charge is 0.224 e. The normalized spacial score (nSPS) is 11.7. The summed E-state index contributed by atoms with van der Waals surface area (Å²) < 4.78 is 23.9. The molecular formula is C11H13BrCl2O2S. The fraction of sp³-hybridized carbons (Fsp3) is 0.455. The number of sulfone groups is 1. The average molecular weight is 360 g/mol. The SMILES string of the molecule is O=S(=O)(CCCCCBr)c1ccc(Cl)c(Cl)c1. The van der Waals surface area contributed by atoms with Crippen molar-refractivity contribution in [3.8, 4) is 0 Å². The molecule has 0 fully saturated rings. The Morgan fingerprint density at radius 1 is 1.06 bits per heavy atom. The van der Waals surface area contributed by atoms with Gasteiger partial charge in [-0.05, 0) is 31.0 Å². The van der Waals surface area contributed by atoms with Crippen molar-refractivity contribution >= 4 is 49.0 Å². The maximum Gasteiger partial charge on any atom is 0.178 e. The van der Waals surface area contributed by atoms with Gasteiger partial charge in [0.05, 0.1) is 20.7 Å². The van der Waals surface area contributed by atoms with Crippen molar-refractivity contribution in [2.24, 2.45) is 0 Å². The van der Waals surface area contributed by atoms with Crippen molar-refractivity contribution in [2.75, 3.05) is 11.1 Å². The molecule has 0 radical (unpaired) electrons. The Morgan fingerprint density at radius 3 is 2.35 bits per heavy atom. The molecule has 0 aromatic heterocycles. The van der Waals surface area contributed by atoms with Crippen molar-refractivity contribution in [2.45, 2.75) is 24.2 Å². The van der Waals surface area contributed by atoms with E-state index in [2.05, 4.69) is 15.9 Å². The Hall–Kier alpha value is 0.230. The predicted octanol–water partition coefficient (Wildman–Crippen LogP) is 4.33. The van der Waals surface area contributed by atoms with Crippen LogP contribution < -0.4 is 0 Å². The molecule has 0 heterocycles. The first-order valence-electron chi connectivity index (χ1n) is 5.21. The van der Waals surface area contributed by atoms with E-state index in [-0.39, 0.29) is 15.7 Å². The van der Waals surface area contributed by atoms with Crippen molar-refractivity contribution in [1.29, 1.82) is 0 Å². The molecule has 17 heavy (non-hydrogen) atoms. The van der Waals surface area contributed by atoms with Crippen LogP contribution in [0.5, 0.6) is 0 Å². The van der Waals surface area contributed by atoms with Gasteiger partial charge in [0.1, 0.15) is 0 Å². The lowest BCUT2D eigenvalue weighted by Crippen LogP contribution is -2.06. The first-order chi connectivity index (χ1) is 7.97. The van der Waals surface area contributed by atoms with E-state index in [1.807, 2.05) is 0 Å². The van der Waals surface area contributed by atoms with Crippen LogP contribution in [-0.4, -0.2) is 19.5 Å². The zero-order valence-electron chi connectivity index (χ0n) is 9.13. The van der Waals surface area contributed by atoms with Gasteiger partial charge in [0.15, 0.2) is 9.84 Å². The summed E-state index contributed by atoms with van der Waals surface area (Å²) in [6.45, 7) is 0. The van der Waals surface area contributed by atoms with Gasteiger partial charge >= 0.3 is 0 Å². The summed E-state index contributed by atoms with van der Waals surface area (Å²) in [6.07, 6.45) is 2.54. The molecule has 0 N–H and O–H groups in total. The van der Waals surface area contributed by atoms with Gasteiger partial charge in [-0.2, -0.15) is 0 Å². The van der Waals surface area contributed by atoms with Gasteiger partial charge in [0.25, 0.3) is 0 Å². The summed E-state index contributed by atoms with van der Waals surface area (Å²) in [5.41, 5.74) is 0. The van der Waals surface area contributed by atoms with E-state index in [1.54, 1.807) is 0 Å². The van der Waals surface area contributed by atoms with Crippen molar-refractivity contribution in [3.63, 3.8) is 0 Å². The lowest BCUT2D eigenvalue weighted by molar-refractivity contribution is 0.591. The first-order valence-corrected chi connectivity index (χ1v) is 8.74. The molecule has 0 saturated carbocycles. The Balaban J connectivity index is 2.72. The molecule has 0 spiro atoms. The van der Waals surface area contributed by atoms with Gasteiger partial charge in [-0.25, -0.2) is 8.42 Å². The van der Waals surface area contributed by atoms with Crippen LogP contribution in [0.4, 0.5) is 0 Å².